The highest BCUT2D eigenvalue weighted by molar-refractivity contribution is 5.19. The molecule has 0 nitrogen and oxygen atoms in total. The summed E-state index contributed by atoms with van der Waals surface area (Å²) in [5, 5.41) is 0. The highest BCUT2D eigenvalue weighted by atomic mass is 14.2. The Morgan fingerprint density at radius 2 is 0.640 bits per heavy atom. The molecular weight excluding hydrogens is 300 g/mol. The first kappa shape index (κ1) is 24.2. The van der Waals surface area contributed by atoms with Crippen LogP contribution in [0.4, 0.5) is 0 Å². The van der Waals surface area contributed by atoms with Gasteiger partial charge in [0.05, 0.1) is 0 Å². The van der Waals surface area contributed by atoms with E-state index >= 15 is 0 Å². The first-order chi connectivity index (χ1) is 11.4. The lowest BCUT2D eigenvalue weighted by Gasteiger charge is -2.22. The lowest BCUT2D eigenvalue weighted by molar-refractivity contribution is 0.308. The molecule has 0 heteroatoms. The Balaban J connectivity index is 0.000000339. The predicted molar refractivity (Wildman–Crippen MR) is 116 cm³/mol. The molecule has 0 N–H and O–H groups in total. The van der Waals surface area contributed by atoms with Crippen molar-refractivity contribution in [3.05, 3.63) is 35.4 Å². The second-order valence-corrected chi connectivity index (χ2v) is 8.88. The van der Waals surface area contributed by atoms with Crippen LogP contribution in [0.1, 0.15) is 97.6 Å². The van der Waals surface area contributed by atoms with Gasteiger partial charge in [-0.1, -0.05) is 122 Å². The molecule has 146 valence electrons. The molecule has 0 bridgehead atoms. The standard InChI is InChI=1S/2C8H16.C8H10.CH4/c3*1-7-3-5-8(2)6-4-7;/h2*7-8H,3-6H2,1-2H3;3-6H,1-2H3;1H4. The molecule has 1 aromatic carbocycles. The smallest absolute Gasteiger partial charge is 0.0398 e. The van der Waals surface area contributed by atoms with Gasteiger partial charge in [0.25, 0.3) is 0 Å². The van der Waals surface area contributed by atoms with Crippen molar-refractivity contribution in [2.75, 3.05) is 0 Å². The summed E-state index contributed by atoms with van der Waals surface area (Å²) in [5.74, 6) is 4.08. The zero-order valence-electron chi connectivity index (χ0n) is 17.3. The first-order valence-electron chi connectivity index (χ1n) is 10.4. The van der Waals surface area contributed by atoms with Crippen LogP contribution in [0.15, 0.2) is 24.3 Å². The van der Waals surface area contributed by atoms with Crippen LogP contribution in [-0.4, -0.2) is 0 Å². The van der Waals surface area contributed by atoms with Gasteiger partial charge < -0.3 is 0 Å². The Kier molecular flexibility index (Phi) is 13.0. The van der Waals surface area contributed by atoms with Crippen molar-refractivity contribution >= 4 is 0 Å². The van der Waals surface area contributed by atoms with Gasteiger partial charge in [0.2, 0.25) is 0 Å². The highest BCUT2D eigenvalue weighted by Crippen LogP contribution is 2.27. The maximum Gasteiger partial charge on any atom is -0.0398 e. The quantitative estimate of drug-likeness (QED) is 0.441. The van der Waals surface area contributed by atoms with Gasteiger partial charge in [-0.15, -0.1) is 0 Å². The van der Waals surface area contributed by atoms with Crippen LogP contribution in [0.2, 0.25) is 0 Å². The largest absolute Gasteiger partial charge is 0.0776 e. The van der Waals surface area contributed by atoms with Crippen molar-refractivity contribution < 1.29 is 0 Å². The third-order valence-corrected chi connectivity index (χ3v) is 5.83. The Morgan fingerprint density at radius 3 is 0.800 bits per heavy atom. The molecule has 0 spiro atoms. The van der Waals surface area contributed by atoms with Gasteiger partial charge in [-0.3, -0.25) is 0 Å². The molecule has 2 aliphatic carbocycles. The summed E-state index contributed by atoms with van der Waals surface area (Å²) in [6.07, 6.45) is 11.8. The maximum atomic E-state index is 2.37. The second-order valence-electron chi connectivity index (χ2n) is 8.88. The maximum absolute atomic E-state index is 2.37. The van der Waals surface area contributed by atoms with E-state index in [0.717, 1.165) is 23.7 Å². The molecule has 0 saturated heterocycles. The molecular formula is C25H46. The average Bonchev–Trinajstić information content (AvgIpc) is 2.57. The SMILES string of the molecule is C.CC1CCC(C)CC1.CC1CCC(C)CC1.Cc1ccc(C)cc1. The summed E-state index contributed by atoms with van der Waals surface area (Å²) in [6.45, 7) is 13.7. The summed E-state index contributed by atoms with van der Waals surface area (Å²) in [7, 11) is 0. The van der Waals surface area contributed by atoms with Crippen LogP contribution in [0.25, 0.3) is 0 Å². The van der Waals surface area contributed by atoms with E-state index in [1.54, 1.807) is 0 Å². The number of benzene rings is 1. The van der Waals surface area contributed by atoms with E-state index in [1.807, 2.05) is 0 Å². The Bertz CT molecular complexity index is 339. The molecule has 0 heterocycles. The highest BCUT2D eigenvalue weighted by Gasteiger charge is 2.13. The number of aryl methyl sites for hydroxylation is 2. The van der Waals surface area contributed by atoms with E-state index in [1.165, 1.54) is 62.5 Å². The average molecular weight is 347 g/mol. The fourth-order valence-corrected chi connectivity index (χ4v) is 3.49. The molecule has 3 rings (SSSR count). The fourth-order valence-electron chi connectivity index (χ4n) is 3.49. The van der Waals surface area contributed by atoms with Gasteiger partial charge in [-0.05, 0) is 37.5 Å². The van der Waals surface area contributed by atoms with Crippen LogP contribution in [0.3, 0.4) is 0 Å². The second kappa shape index (κ2) is 13.4. The Labute approximate surface area is 159 Å². The summed E-state index contributed by atoms with van der Waals surface area (Å²) >= 11 is 0. The Morgan fingerprint density at radius 1 is 0.480 bits per heavy atom. The number of hydrogen-bond acceptors (Lipinski definition) is 0. The molecule has 0 unspecified atom stereocenters. The first-order valence-corrected chi connectivity index (χ1v) is 10.4. The molecule has 2 saturated carbocycles. The monoisotopic (exact) mass is 346 g/mol. The van der Waals surface area contributed by atoms with Crippen molar-refractivity contribution in [1.82, 2.24) is 0 Å². The van der Waals surface area contributed by atoms with Gasteiger partial charge in [0.1, 0.15) is 0 Å². The van der Waals surface area contributed by atoms with Crippen LogP contribution < -0.4 is 0 Å². The Hall–Kier alpha value is -0.780. The minimum absolute atomic E-state index is 0. The van der Waals surface area contributed by atoms with Crippen molar-refractivity contribution in [3.8, 4) is 0 Å². The van der Waals surface area contributed by atoms with Crippen LogP contribution in [-0.2, 0) is 0 Å². The molecule has 0 aliphatic heterocycles. The summed E-state index contributed by atoms with van der Waals surface area (Å²) in [6, 6.07) is 8.48. The number of rotatable bonds is 0. The van der Waals surface area contributed by atoms with Crippen LogP contribution >= 0.6 is 0 Å². The van der Waals surface area contributed by atoms with Crippen molar-refractivity contribution in [3.63, 3.8) is 0 Å². The van der Waals surface area contributed by atoms with Gasteiger partial charge in [0, 0.05) is 0 Å². The van der Waals surface area contributed by atoms with E-state index in [2.05, 4.69) is 65.8 Å². The van der Waals surface area contributed by atoms with E-state index in [0.29, 0.717) is 0 Å². The molecule has 0 atom stereocenters. The molecule has 1 aromatic rings. The van der Waals surface area contributed by atoms with Gasteiger partial charge in [-0.25, -0.2) is 0 Å². The van der Waals surface area contributed by atoms with Crippen LogP contribution in [0, 0.1) is 37.5 Å². The normalized spacial score (nSPS) is 28.4. The van der Waals surface area contributed by atoms with E-state index in [4.69, 9.17) is 0 Å². The zero-order chi connectivity index (χ0) is 17.9. The summed E-state index contributed by atoms with van der Waals surface area (Å²) < 4.78 is 0. The molecule has 2 fully saturated rings. The van der Waals surface area contributed by atoms with Gasteiger partial charge >= 0.3 is 0 Å². The fraction of sp³-hybridized carbons (Fsp3) is 0.760. The molecule has 2 aliphatic rings. The third kappa shape index (κ3) is 12.2. The minimum atomic E-state index is 0. The van der Waals surface area contributed by atoms with E-state index in [9.17, 15) is 0 Å². The lowest BCUT2D eigenvalue weighted by Crippen LogP contribution is -2.08. The topological polar surface area (TPSA) is 0 Å². The summed E-state index contributed by atoms with van der Waals surface area (Å²) in [4.78, 5) is 0. The molecule has 0 aromatic heterocycles. The predicted octanol–water partition coefficient (Wildman–Crippen LogP) is 8.60. The van der Waals surface area contributed by atoms with Crippen molar-refractivity contribution in [1.29, 1.82) is 0 Å². The lowest BCUT2D eigenvalue weighted by atomic mass is 9.84. The number of hydrogen-bond donors (Lipinski definition) is 0. The minimum Gasteiger partial charge on any atom is -0.0776 e. The third-order valence-electron chi connectivity index (χ3n) is 5.83. The van der Waals surface area contributed by atoms with Gasteiger partial charge in [-0.2, -0.15) is 0 Å². The van der Waals surface area contributed by atoms with E-state index < -0.39 is 0 Å². The molecule has 0 amide bonds. The van der Waals surface area contributed by atoms with E-state index in [-0.39, 0.29) is 7.43 Å². The summed E-state index contributed by atoms with van der Waals surface area (Å²) in [5.41, 5.74) is 2.66. The molecule has 0 radical (unpaired) electrons. The van der Waals surface area contributed by atoms with Crippen molar-refractivity contribution in [2.45, 2.75) is 100 Å². The van der Waals surface area contributed by atoms with Gasteiger partial charge in [0.15, 0.2) is 0 Å². The zero-order valence-corrected chi connectivity index (χ0v) is 17.3. The van der Waals surface area contributed by atoms with Crippen molar-refractivity contribution in [2.24, 2.45) is 23.7 Å². The van der Waals surface area contributed by atoms with Crippen LogP contribution in [0.5, 0.6) is 0 Å². The molecule has 25 heavy (non-hydrogen) atoms.